The van der Waals surface area contributed by atoms with E-state index in [4.69, 9.17) is 4.74 Å². The number of nitrogens with zero attached hydrogens (tertiary/aromatic N) is 2. The van der Waals surface area contributed by atoms with Crippen LogP contribution in [0, 0.1) is 6.92 Å². The Kier molecular flexibility index (Phi) is 7.07. The van der Waals surface area contributed by atoms with Crippen molar-refractivity contribution in [3.63, 3.8) is 0 Å². The van der Waals surface area contributed by atoms with E-state index in [0.717, 1.165) is 36.5 Å². The molecule has 1 aromatic heterocycles. The minimum Gasteiger partial charge on any atom is -0.488 e. The highest BCUT2D eigenvalue weighted by atomic mass is 32.2. The molecule has 0 saturated carbocycles. The molecule has 174 valence electrons. The van der Waals surface area contributed by atoms with Crippen LogP contribution in [-0.2, 0) is 11.4 Å². The molecule has 1 heterocycles. The Labute approximate surface area is 211 Å². The van der Waals surface area contributed by atoms with E-state index in [1.807, 2.05) is 72.8 Å². The van der Waals surface area contributed by atoms with Gasteiger partial charge in [-0.1, -0.05) is 84.1 Å². The molecule has 0 spiro atoms. The van der Waals surface area contributed by atoms with Gasteiger partial charge in [0, 0.05) is 5.56 Å². The Morgan fingerprint density at radius 3 is 2.80 bits per heavy atom. The van der Waals surface area contributed by atoms with Crippen molar-refractivity contribution in [1.82, 2.24) is 10.4 Å². The number of fused-ring (bicyclic) bond motifs is 2. The lowest BCUT2D eigenvalue weighted by atomic mass is 10.0. The zero-order valence-corrected chi connectivity index (χ0v) is 20.7. The molecule has 1 N–H and O–H groups in total. The number of aryl methyl sites for hydroxylation is 1. The number of thioether (sulfide) groups is 1. The molecule has 0 radical (unpaired) electrons. The molecule has 0 fully saturated rings. The average molecular weight is 498 g/mol. The van der Waals surface area contributed by atoms with Crippen LogP contribution in [0.1, 0.15) is 16.7 Å². The Bertz CT molecular complexity index is 1490. The molecule has 0 saturated heterocycles. The standard InChI is InChI=1S/C28H23N3O2S2/c1-19-7-6-8-20(15-19)17-33-25-14-13-21-9-2-3-10-22(21)23(25)16-29-31-27(32)18-34-28-30-24-11-4-5-12-26(24)35-28/h2-16H,17-18H2,1H3,(H,31,32)/b29-16+. The van der Waals surface area contributed by atoms with Gasteiger partial charge in [0.15, 0.2) is 4.34 Å². The molecule has 0 aliphatic heterocycles. The number of nitrogens with one attached hydrogen (secondary N) is 1. The number of para-hydroxylation sites is 1. The van der Waals surface area contributed by atoms with Crippen LogP contribution in [-0.4, -0.2) is 22.9 Å². The summed E-state index contributed by atoms with van der Waals surface area (Å²) in [7, 11) is 0. The van der Waals surface area contributed by atoms with Crippen LogP contribution in [0.2, 0.25) is 0 Å². The number of hydrogen-bond donors (Lipinski definition) is 1. The molecule has 0 unspecified atom stereocenters. The molecule has 35 heavy (non-hydrogen) atoms. The third-order valence-electron chi connectivity index (χ3n) is 5.39. The van der Waals surface area contributed by atoms with E-state index in [9.17, 15) is 4.79 Å². The molecule has 4 aromatic carbocycles. The minimum absolute atomic E-state index is 0.187. The lowest BCUT2D eigenvalue weighted by molar-refractivity contribution is -0.118. The Balaban J connectivity index is 1.28. The van der Waals surface area contributed by atoms with E-state index in [1.165, 1.54) is 17.3 Å². The van der Waals surface area contributed by atoms with Crippen LogP contribution in [0.3, 0.4) is 0 Å². The third kappa shape index (κ3) is 5.70. The number of carbonyl (C=O) groups is 1. The fourth-order valence-corrected chi connectivity index (χ4v) is 5.60. The summed E-state index contributed by atoms with van der Waals surface area (Å²) in [4.78, 5) is 17.0. The normalized spacial score (nSPS) is 11.3. The fourth-order valence-electron chi connectivity index (χ4n) is 3.74. The number of amides is 1. The van der Waals surface area contributed by atoms with Crippen LogP contribution >= 0.6 is 23.1 Å². The highest BCUT2D eigenvalue weighted by molar-refractivity contribution is 8.01. The molecular weight excluding hydrogens is 474 g/mol. The maximum atomic E-state index is 12.4. The molecule has 0 atom stereocenters. The molecule has 1 amide bonds. The summed E-state index contributed by atoms with van der Waals surface area (Å²) in [5.41, 5.74) is 6.71. The van der Waals surface area contributed by atoms with Gasteiger partial charge in [0.25, 0.3) is 5.91 Å². The summed E-state index contributed by atoms with van der Waals surface area (Å²) in [5.74, 6) is 0.767. The smallest absolute Gasteiger partial charge is 0.250 e. The van der Waals surface area contributed by atoms with E-state index < -0.39 is 0 Å². The first-order valence-corrected chi connectivity index (χ1v) is 13.0. The summed E-state index contributed by atoms with van der Waals surface area (Å²) in [5, 5.41) is 6.33. The Hall–Kier alpha value is -3.68. The van der Waals surface area contributed by atoms with E-state index >= 15 is 0 Å². The van der Waals surface area contributed by atoms with Gasteiger partial charge in [-0.05, 0) is 41.5 Å². The molecule has 7 heteroatoms. The van der Waals surface area contributed by atoms with Crippen molar-refractivity contribution in [1.29, 1.82) is 0 Å². The van der Waals surface area contributed by atoms with E-state index in [0.29, 0.717) is 12.4 Å². The SMILES string of the molecule is Cc1cccc(COc2ccc3ccccc3c2/C=N/NC(=O)CSc2nc3ccccc3s2)c1. The first-order chi connectivity index (χ1) is 17.2. The number of hydrogen-bond acceptors (Lipinski definition) is 6. The van der Waals surface area contributed by atoms with Crippen LogP contribution in [0.4, 0.5) is 0 Å². The number of hydrazone groups is 1. The summed E-state index contributed by atoms with van der Waals surface area (Å²) >= 11 is 2.99. The monoisotopic (exact) mass is 497 g/mol. The molecule has 0 bridgehead atoms. The average Bonchev–Trinajstić information content (AvgIpc) is 3.30. The molecule has 0 aliphatic rings. The molecular formula is C28H23N3O2S2. The fraction of sp³-hybridized carbons (Fsp3) is 0.107. The third-order valence-corrected chi connectivity index (χ3v) is 7.57. The predicted molar refractivity (Wildman–Crippen MR) is 146 cm³/mol. The zero-order chi connectivity index (χ0) is 24.0. The van der Waals surface area contributed by atoms with Crippen molar-refractivity contribution in [3.8, 4) is 5.75 Å². The maximum absolute atomic E-state index is 12.4. The van der Waals surface area contributed by atoms with Gasteiger partial charge in [-0.2, -0.15) is 5.10 Å². The number of carbonyl (C=O) groups excluding carboxylic acids is 1. The zero-order valence-electron chi connectivity index (χ0n) is 19.1. The van der Waals surface area contributed by atoms with Gasteiger partial charge < -0.3 is 4.74 Å². The van der Waals surface area contributed by atoms with Crippen LogP contribution in [0.5, 0.6) is 5.75 Å². The summed E-state index contributed by atoms with van der Waals surface area (Å²) in [6.45, 7) is 2.52. The van der Waals surface area contributed by atoms with Crippen molar-refractivity contribution in [2.75, 3.05) is 5.75 Å². The van der Waals surface area contributed by atoms with Crippen LogP contribution in [0.25, 0.3) is 21.0 Å². The van der Waals surface area contributed by atoms with Gasteiger partial charge in [-0.3, -0.25) is 4.79 Å². The van der Waals surface area contributed by atoms with Crippen molar-refractivity contribution in [2.45, 2.75) is 17.9 Å². The predicted octanol–water partition coefficient (Wildman–Crippen LogP) is 6.58. The number of thiazole rings is 1. The highest BCUT2D eigenvalue weighted by Gasteiger charge is 2.10. The van der Waals surface area contributed by atoms with E-state index in [-0.39, 0.29) is 11.7 Å². The van der Waals surface area contributed by atoms with Gasteiger partial charge >= 0.3 is 0 Å². The number of ether oxygens (including phenoxy) is 1. The second kappa shape index (κ2) is 10.7. The second-order valence-electron chi connectivity index (χ2n) is 8.01. The summed E-state index contributed by atoms with van der Waals surface area (Å²) < 4.78 is 8.14. The molecule has 5 nitrogen and oxygen atoms in total. The number of aromatic nitrogens is 1. The first-order valence-electron chi connectivity index (χ1n) is 11.2. The first kappa shape index (κ1) is 23.1. The Morgan fingerprint density at radius 1 is 1.06 bits per heavy atom. The van der Waals surface area contributed by atoms with Gasteiger partial charge in [0.1, 0.15) is 12.4 Å². The molecule has 5 rings (SSSR count). The lowest BCUT2D eigenvalue weighted by Crippen LogP contribution is -2.19. The lowest BCUT2D eigenvalue weighted by Gasteiger charge is -2.12. The topological polar surface area (TPSA) is 63.6 Å². The van der Waals surface area contributed by atoms with E-state index in [2.05, 4.69) is 34.6 Å². The highest BCUT2D eigenvalue weighted by Crippen LogP contribution is 2.29. The molecule has 5 aromatic rings. The second-order valence-corrected chi connectivity index (χ2v) is 10.3. The number of benzene rings is 4. The number of rotatable bonds is 8. The van der Waals surface area contributed by atoms with Crippen LogP contribution < -0.4 is 10.2 Å². The van der Waals surface area contributed by atoms with Crippen molar-refractivity contribution >= 4 is 56.2 Å². The summed E-state index contributed by atoms with van der Waals surface area (Å²) in [6.07, 6.45) is 1.66. The van der Waals surface area contributed by atoms with Crippen molar-refractivity contribution in [2.24, 2.45) is 5.10 Å². The van der Waals surface area contributed by atoms with Gasteiger partial charge in [-0.15, -0.1) is 11.3 Å². The van der Waals surface area contributed by atoms with Gasteiger partial charge in [-0.25, -0.2) is 10.4 Å². The maximum Gasteiger partial charge on any atom is 0.250 e. The van der Waals surface area contributed by atoms with E-state index in [1.54, 1.807) is 17.6 Å². The van der Waals surface area contributed by atoms with Crippen LogP contribution in [0.15, 0.2) is 94.4 Å². The minimum atomic E-state index is -0.187. The Morgan fingerprint density at radius 2 is 1.91 bits per heavy atom. The molecule has 0 aliphatic carbocycles. The summed E-state index contributed by atoms with van der Waals surface area (Å²) in [6, 6.07) is 28.2. The largest absolute Gasteiger partial charge is 0.488 e. The quantitative estimate of drug-likeness (QED) is 0.149. The van der Waals surface area contributed by atoms with Crippen molar-refractivity contribution in [3.05, 3.63) is 102 Å². The van der Waals surface area contributed by atoms with Crippen molar-refractivity contribution < 1.29 is 9.53 Å². The van der Waals surface area contributed by atoms with Gasteiger partial charge in [0.2, 0.25) is 0 Å². The van der Waals surface area contributed by atoms with Gasteiger partial charge in [0.05, 0.1) is 22.2 Å².